The molecule has 0 radical (unpaired) electrons. The van der Waals surface area contributed by atoms with Crippen LogP contribution in [0, 0.1) is 0 Å². The van der Waals surface area contributed by atoms with Crippen LogP contribution in [0.2, 0.25) is 0 Å². The normalized spacial score (nSPS) is 17.0. The van der Waals surface area contributed by atoms with Crippen LogP contribution in [0.1, 0.15) is 56.9 Å². The van der Waals surface area contributed by atoms with Crippen LogP contribution in [-0.2, 0) is 16.1 Å². The van der Waals surface area contributed by atoms with E-state index in [1.807, 2.05) is 18.2 Å². The minimum atomic E-state index is 0.324. The lowest BCUT2D eigenvalue weighted by molar-refractivity contribution is 0.0550. The second-order valence-corrected chi connectivity index (χ2v) is 6.43. The van der Waals surface area contributed by atoms with Crippen molar-refractivity contribution < 1.29 is 18.9 Å². The van der Waals surface area contributed by atoms with Gasteiger partial charge in [0, 0.05) is 13.2 Å². The Morgan fingerprint density at radius 1 is 0.913 bits per heavy atom. The molecule has 0 amide bonds. The molecule has 23 heavy (non-hydrogen) atoms. The van der Waals surface area contributed by atoms with Gasteiger partial charge in [0.15, 0.2) is 11.5 Å². The van der Waals surface area contributed by atoms with Gasteiger partial charge >= 0.3 is 0 Å². The first kappa shape index (κ1) is 16.6. The van der Waals surface area contributed by atoms with Gasteiger partial charge < -0.3 is 18.9 Å². The number of hydrogen-bond donors (Lipinski definition) is 0. The second-order valence-electron chi connectivity index (χ2n) is 6.43. The molecule has 0 atom stereocenters. The zero-order valence-electron chi connectivity index (χ0n) is 13.9. The smallest absolute Gasteiger partial charge is 0.231 e. The SMILES string of the molecule is c1cc2c(cc1COCCCCCCOC1CCCC1)OCO2. The lowest BCUT2D eigenvalue weighted by Crippen LogP contribution is -2.08. The molecule has 1 saturated carbocycles. The van der Waals surface area contributed by atoms with E-state index < -0.39 is 0 Å². The molecule has 0 bridgehead atoms. The molecule has 1 aromatic rings. The van der Waals surface area contributed by atoms with E-state index in [-0.39, 0.29) is 0 Å². The highest BCUT2D eigenvalue weighted by molar-refractivity contribution is 5.44. The average Bonchev–Trinajstić information content (AvgIpc) is 3.24. The van der Waals surface area contributed by atoms with Crippen LogP contribution in [0.3, 0.4) is 0 Å². The van der Waals surface area contributed by atoms with Crippen LogP contribution in [0.25, 0.3) is 0 Å². The Balaban J connectivity index is 1.17. The Morgan fingerprint density at radius 3 is 2.57 bits per heavy atom. The first-order chi connectivity index (χ1) is 11.4. The van der Waals surface area contributed by atoms with E-state index in [4.69, 9.17) is 18.9 Å². The van der Waals surface area contributed by atoms with E-state index in [0.717, 1.165) is 36.7 Å². The minimum absolute atomic E-state index is 0.324. The van der Waals surface area contributed by atoms with Gasteiger partial charge in [0.2, 0.25) is 6.79 Å². The molecule has 2 aliphatic rings. The van der Waals surface area contributed by atoms with E-state index in [1.54, 1.807) is 0 Å². The van der Waals surface area contributed by atoms with Gasteiger partial charge in [-0.3, -0.25) is 0 Å². The number of ether oxygens (including phenoxy) is 4. The van der Waals surface area contributed by atoms with Gasteiger partial charge in [-0.15, -0.1) is 0 Å². The molecule has 0 N–H and O–H groups in total. The molecule has 1 aliphatic carbocycles. The third-order valence-electron chi connectivity index (χ3n) is 4.54. The zero-order chi connectivity index (χ0) is 15.7. The van der Waals surface area contributed by atoms with Gasteiger partial charge in [-0.25, -0.2) is 0 Å². The Kier molecular flexibility index (Phi) is 6.59. The Morgan fingerprint density at radius 2 is 1.70 bits per heavy atom. The standard InChI is InChI=1S/C19H28O4/c1(2-6-12-21-17-7-3-4-8-17)5-11-20-14-16-9-10-18-19(13-16)23-15-22-18/h9-10,13,17H,1-8,11-12,14-15H2. The Hall–Kier alpha value is -1.26. The minimum Gasteiger partial charge on any atom is -0.454 e. The summed E-state index contributed by atoms with van der Waals surface area (Å²) >= 11 is 0. The van der Waals surface area contributed by atoms with Crippen molar-refractivity contribution in [3.05, 3.63) is 23.8 Å². The number of fused-ring (bicyclic) bond motifs is 1. The van der Waals surface area contributed by atoms with Crippen molar-refractivity contribution in [3.63, 3.8) is 0 Å². The van der Waals surface area contributed by atoms with Crippen molar-refractivity contribution in [2.45, 2.75) is 64.1 Å². The summed E-state index contributed by atoms with van der Waals surface area (Å²) in [7, 11) is 0. The predicted molar refractivity (Wildman–Crippen MR) is 88.9 cm³/mol. The molecule has 1 aromatic carbocycles. The summed E-state index contributed by atoms with van der Waals surface area (Å²) in [5, 5.41) is 0. The number of rotatable bonds is 10. The maximum Gasteiger partial charge on any atom is 0.231 e. The van der Waals surface area contributed by atoms with Crippen molar-refractivity contribution in [1.29, 1.82) is 0 Å². The van der Waals surface area contributed by atoms with Crippen LogP contribution in [-0.4, -0.2) is 26.1 Å². The van der Waals surface area contributed by atoms with Crippen molar-refractivity contribution in [2.75, 3.05) is 20.0 Å². The molecule has 1 fully saturated rings. The van der Waals surface area contributed by atoms with Crippen LogP contribution in [0.4, 0.5) is 0 Å². The first-order valence-electron chi connectivity index (χ1n) is 9.00. The molecule has 4 nitrogen and oxygen atoms in total. The molecular formula is C19H28O4. The lowest BCUT2D eigenvalue weighted by Gasteiger charge is -2.10. The summed E-state index contributed by atoms with van der Waals surface area (Å²) in [6.45, 7) is 2.71. The molecule has 3 rings (SSSR count). The third-order valence-corrected chi connectivity index (χ3v) is 4.54. The van der Waals surface area contributed by atoms with E-state index in [9.17, 15) is 0 Å². The largest absolute Gasteiger partial charge is 0.454 e. The summed E-state index contributed by atoms with van der Waals surface area (Å²) in [4.78, 5) is 0. The molecular weight excluding hydrogens is 292 g/mol. The van der Waals surface area contributed by atoms with E-state index in [1.165, 1.54) is 44.9 Å². The molecule has 0 saturated heterocycles. The van der Waals surface area contributed by atoms with E-state index in [0.29, 0.717) is 19.5 Å². The fourth-order valence-electron chi connectivity index (χ4n) is 3.19. The van der Waals surface area contributed by atoms with E-state index in [2.05, 4.69) is 0 Å². The fraction of sp³-hybridized carbons (Fsp3) is 0.684. The highest BCUT2D eigenvalue weighted by Gasteiger charge is 2.14. The second kappa shape index (κ2) is 9.14. The van der Waals surface area contributed by atoms with Crippen molar-refractivity contribution >= 4 is 0 Å². The van der Waals surface area contributed by atoms with E-state index >= 15 is 0 Å². The van der Waals surface area contributed by atoms with Gasteiger partial charge in [-0.1, -0.05) is 31.7 Å². The highest BCUT2D eigenvalue weighted by Crippen LogP contribution is 2.32. The summed E-state index contributed by atoms with van der Waals surface area (Å²) in [5.74, 6) is 1.65. The summed E-state index contributed by atoms with van der Waals surface area (Å²) < 4.78 is 22.3. The highest BCUT2D eigenvalue weighted by atomic mass is 16.7. The van der Waals surface area contributed by atoms with Gasteiger partial charge in [0.25, 0.3) is 0 Å². The Labute approximate surface area is 139 Å². The molecule has 4 heteroatoms. The van der Waals surface area contributed by atoms with Crippen LogP contribution >= 0.6 is 0 Å². The number of unbranched alkanes of at least 4 members (excludes halogenated alkanes) is 3. The quantitative estimate of drug-likeness (QED) is 0.597. The van der Waals surface area contributed by atoms with Gasteiger partial charge in [0.05, 0.1) is 12.7 Å². The van der Waals surface area contributed by atoms with Crippen molar-refractivity contribution in [2.24, 2.45) is 0 Å². The monoisotopic (exact) mass is 320 g/mol. The summed E-state index contributed by atoms with van der Waals surface area (Å²) in [6, 6.07) is 5.99. The fourth-order valence-corrected chi connectivity index (χ4v) is 3.19. The van der Waals surface area contributed by atoms with Gasteiger partial charge in [-0.05, 0) is 43.4 Å². The zero-order valence-corrected chi connectivity index (χ0v) is 13.9. The molecule has 0 spiro atoms. The van der Waals surface area contributed by atoms with Crippen molar-refractivity contribution in [1.82, 2.24) is 0 Å². The third kappa shape index (κ3) is 5.40. The predicted octanol–water partition coefficient (Wildman–Crippen LogP) is 4.45. The average molecular weight is 320 g/mol. The molecule has 1 aliphatic heterocycles. The summed E-state index contributed by atoms with van der Waals surface area (Å²) in [6.07, 6.45) is 10.6. The first-order valence-corrected chi connectivity index (χ1v) is 9.00. The molecule has 1 heterocycles. The lowest BCUT2D eigenvalue weighted by atomic mass is 10.2. The molecule has 0 unspecified atom stereocenters. The van der Waals surface area contributed by atoms with Crippen LogP contribution in [0.5, 0.6) is 11.5 Å². The van der Waals surface area contributed by atoms with Crippen molar-refractivity contribution in [3.8, 4) is 11.5 Å². The van der Waals surface area contributed by atoms with Gasteiger partial charge in [-0.2, -0.15) is 0 Å². The number of benzene rings is 1. The molecule has 128 valence electrons. The number of hydrogen-bond acceptors (Lipinski definition) is 4. The maximum atomic E-state index is 5.87. The Bertz CT molecular complexity index is 468. The topological polar surface area (TPSA) is 36.9 Å². The van der Waals surface area contributed by atoms with Crippen LogP contribution in [0.15, 0.2) is 18.2 Å². The van der Waals surface area contributed by atoms with Crippen LogP contribution < -0.4 is 9.47 Å². The molecule has 0 aromatic heterocycles. The summed E-state index contributed by atoms with van der Waals surface area (Å²) in [5.41, 5.74) is 1.14. The maximum absolute atomic E-state index is 5.87. The van der Waals surface area contributed by atoms with Gasteiger partial charge in [0.1, 0.15) is 0 Å².